The summed E-state index contributed by atoms with van der Waals surface area (Å²) in [4.78, 5) is 4.30. The zero-order chi connectivity index (χ0) is 15.2. The van der Waals surface area contributed by atoms with Crippen molar-refractivity contribution in [3.63, 3.8) is 0 Å². The molecule has 0 fully saturated rings. The van der Waals surface area contributed by atoms with Crippen LogP contribution < -0.4 is 10.6 Å². The van der Waals surface area contributed by atoms with Gasteiger partial charge in [0.2, 0.25) is 0 Å². The van der Waals surface area contributed by atoms with Crippen molar-refractivity contribution in [2.75, 3.05) is 5.32 Å². The highest BCUT2D eigenvalue weighted by molar-refractivity contribution is 7.80. The molecule has 0 unspecified atom stereocenters. The average molecular weight is 325 g/mol. The minimum absolute atomic E-state index is 0.617. The Morgan fingerprint density at radius 2 is 1.82 bits per heavy atom. The van der Waals surface area contributed by atoms with E-state index in [1.807, 2.05) is 54.0 Å². The van der Waals surface area contributed by atoms with Gasteiger partial charge >= 0.3 is 0 Å². The second-order valence-corrected chi connectivity index (χ2v) is 6.01. The first kappa shape index (κ1) is 14.7. The first-order valence-corrected chi connectivity index (χ1v) is 8.19. The minimum atomic E-state index is 0.617. The summed E-state index contributed by atoms with van der Waals surface area (Å²) in [6.07, 6.45) is 1.81. The molecule has 0 saturated heterocycles. The van der Waals surface area contributed by atoms with E-state index in [0.717, 1.165) is 16.3 Å². The fraction of sp³-hybridized carbons (Fsp3) is 0.0588. The fourth-order valence-electron chi connectivity index (χ4n) is 2.02. The second kappa shape index (κ2) is 7.15. The number of anilines is 1. The predicted molar refractivity (Wildman–Crippen MR) is 97.1 cm³/mol. The maximum Gasteiger partial charge on any atom is 0.171 e. The van der Waals surface area contributed by atoms with E-state index < -0.39 is 0 Å². The number of thiazole rings is 1. The van der Waals surface area contributed by atoms with E-state index in [-0.39, 0.29) is 0 Å². The summed E-state index contributed by atoms with van der Waals surface area (Å²) in [6.45, 7) is 0.712. The van der Waals surface area contributed by atoms with E-state index >= 15 is 0 Å². The smallest absolute Gasteiger partial charge is 0.171 e. The van der Waals surface area contributed by atoms with Crippen LogP contribution in [0.2, 0.25) is 0 Å². The first-order chi connectivity index (χ1) is 10.8. The van der Waals surface area contributed by atoms with Crippen molar-refractivity contribution in [2.24, 2.45) is 0 Å². The van der Waals surface area contributed by atoms with Gasteiger partial charge in [0.15, 0.2) is 5.11 Å². The van der Waals surface area contributed by atoms with Crippen LogP contribution in [-0.4, -0.2) is 10.1 Å². The number of nitrogens with one attached hydrogen (secondary N) is 2. The predicted octanol–water partition coefficient (Wildman–Crippen LogP) is 4.30. The third kappa shape index (κ3) is 3.90. The number of thiocarbonyl (C=S) groups is 1. The molecule has 0 aliphatic heterocycles. The normalized spacial score (nSPS) is 10.2. The monoisotopic (exact) mass is 325 g/mol. The van der Waals surface area contributed by atoms with Crippen LogP contribution in [0.4, 0.5) is 5.69 Å². The lowest BCUT2D eigenvalue weighted by molar-refractivity contribution is 0.926. The Bertz CT molecular complexity index is 722. The first-order valence-electron chi connectivity index (χ1n) is 6.90. The average Bonchev–Trinajstić information content (AvgIpc) is 3.09. The highest BCUT2D eigenvalue weighted by Gasteiger charge is 2.01. The summed E-state index contributed by atoms with van der Waals surface area (Å²) in [5, 5.41) is 10.0. The molecular formula is C17H15N3S2. The molecule has 0 bridgehead atoms. The van der Waals surface area contributed by atoms with Crippen molar-refractivity contribution < 1.29 is 0 Å². The molecule has 2 aromatic carbocycles. The second-order valence-electron chi connectivity index (χ2n) is 4.71. The van der Waals surface area contributed by atoms with Gasteiger partial charge in [-0.3, -0.25) is 0 Å². The third-order valence-electron chi connectivity index (χ3n) is 3.12. The SMILES string of the molecule is S=C(NCc1ccccc1)Nc1ccc(-c2nccs2)cc1. The topological polar surface area (TPSA) is 37.0 Å². The quantitative estimate of drug-likeness (QED) is 0.701. The molecule has 0 saturated carbocycles. The summed E-state index contributed by atoms with van der Waals surface area (Å²) in [6, 6.07) is 18.3. The largest absolute Gasteiger partial charge is 0.358 e. The molecule has 3 rings (SSSR count). The summed E-state index contributed by atoms with van der Waals surface area (Å²) in [5.74, 6) is 0. The van der Waals surface area contributed by atoms with Gasteiger partial charge in [-0.2, -0.15) is 0 Å². The molecular weight excluding hydrogens is 310 g/mol. The zero-order valence-electron chi connectivity index (χ0n) is 11.8. The number of benzene rings is 2. The highest BCUT2D eigenvalue weighted by atomic mass is 32.1. The van der Waals surface area contributed by atoms with E-state index in [2.05, 4.69) is 27.8 Å². The molecule has 5 heteroatoms. The van der Waals surface area contributed by atoms with Crippen LogP contribution in [0.5, 0.6) is 0 Å². The molecule has 0 amide bonds. The number of aromatic nitrogens is 1. The van der Waals surface area contributed by atoms with Crippen molar-refractivity contribution in [3.05, 3.63) is 71.7 Å². The van der Waals surface area contributed by atoms with Crippen LogP contribution in [0.3, 0.4) is 0 Å². The van der Waals surface area contributed by atoms with Gasteiger partial charge in [-0.15, -0.1) is 11.3 Å². The fourth-order valence-corrected chi connectivity index (χ4v) is 2.85. The van der Waals surface area contributed by atoms with Gasteiger partial charge in [0, 0.05) is 29.4 Å². The van der Waals surface area contributed by atoms with Gasteiger partial charge in [0.05, 0.1) is 0 Å². The molecule has 0 spiro atoms. The van der Waals surface area contributed by atoms with Crippen LogP contribution in [0.1, 0.15) is 5.56 Å². The lowest BCUT2D eigenvalue weighted by Crippen LogP contribution is -2.27. The Labute approximate surface area is 139 Å². The van der Waals surface area contributed by atoms with Crippen LogP contribution in [0.15, 0.2) is 66.2 Å². The van der Waals surface area contributed by atoms with E-state index in [9.17, 15) is 0 Å². The van der Waals surface area contributed by atoms with Crippen LogP contribution >= 0.6 is 23.6 Å². The molecule has 0 atom stereocenters. The number of hydrogen-bond acceptors (Lipinski definition) is 3. The Hall–Kier alpha value is -2.24. The molecule has 0 radical (unpaired) electrons. The Balaban J connectivity index is 1.55. The van der Waals surface area contributed by atoms with Gasteiger partial charge < -0.3 is 10.6 Å². The molecule has 3 nitrogen and oxygen atoms in total. The van der Waals surface area contributed by atoms with Gasteiger partial charge in [-0.05, 0) is 42.0 Å². The number of rotatable bonds is 4. The molecule has 2 N–H and O–H groups in total. The van der Waals surface area contributed by atoms with Crippen molar-refractivity contribution in [2.45, 2.75) is 6.54 Å². The summed E-state index contributed by atoms with van der Waals surface area (Å²) in [7, 11) is 0. The van der Waals surface area contributed by atoms with Gasteiger partial charge in [-0.1, -0.05) is 30.3 Å². The maximum atomic E-state index is 5.32. The van der Waals surface area contributed by atoms with Gasteiger partial charge in [-0.25, -0.2) is 4.98 Å². The van der Waals surface area contributed by atoms with Gasteiger partial charge in [0.1, 0.15) is 5.01 Å². The van der Waals surface area contributed by atoms with Crippen molar-refractivity contribution >= 4 is 34.4 Å². The third-order valence-corrected chi connectivity index (χ3v) is 4.19. The molecule has 3 aromatic rings. The number of hydrogen-bond donors (Lipinski definition) is 2. The van der Waals surface area contributed by atoms with Gasteiger partial charge in [0.25, 0.3) is 0 Å². The summed E-state index contributed by atoms with van der Waals surface area (Å²) >= 11 is 6.95. The highest BCUT2D eigenvalue weighted by Crippen LogP contribution is 2.23. The molecule has 110 valence electrons. The van der Waals surface area contributed by atoms with Crippen molar-refractivity contribution in [3.8, 4) is 10.6 Å². The Morgan fingerprint density at radius 1 is 1.05 bits per heavy atom. The van der Waals surface area contributed by atoms with E-state index in [0.29, 0.717) is 11.7 Å². The molecule has 0 aliphatic rings. The zero-order valence-corrected chi connectivity index (χ0v) is 13.5. The van der Waals surface area contributed by atoms with Crippen molar-refractivity contribution in [1.29, 1.82) is 0 Å². The summed E-state index contributed by atoms with van der Waals surface area (Å²) in [5.41, 5.74) is 3.28. The maximum absolute atomic E-state index is 5.32. The van der Waals surface area contributed by atoms with Crippen LogP contribution in [0.25, 0.3) is 10.6 Å². The van der Waals surface area contributed by atoms with E-state index in [1.165, 1.54) is 5.56 Å². The Morgan fingerprint density at radius 3 is 2.50 bits per heavy atom. The molecule has 1 aromatic heterocycles. The molecule has 1 heterocycles. The standard InChI is InChI=1S/C17H15N3S2/c21-17(19-12-13-4-2-1-3-5-13)20-15-8-6-14(7-9-15)16-18-10-11-22-16/h1-11H,12H2,(H2,19,20,21). The molecule has 22 heavy (non-hydrogen) atoms. The lowest BCUT2D eigenvalue weighted by Gasteiger charge is -2.11. The van der Waals surface area contributed by atoms with Crippen LogP contribution in [0, 0.1) is 0 Å². The summed E-state index contributed by atoms with van der Waals surface area (Å²) < 4.78 is 0. The lowest BCUT2D eigenvalue weighted by atomic mass is 10.2. The van der Waals surface area contributed by atoms with Crippen molar-refractivity contribution in [1.82, 2.24) is 10.3 Å². The molecule has 0 aliphatic carbocycles. The van der Waals surface area contributed by atoms with Crippen LogP contribution in [-0.2, 0) is 6.54 Å². The van der Waals surface area contributed by atoms with E-state index in [4.69, 9.17) is 12.2 Å². The minimum Gasteiger partial charge on any atom is -0.358 e. The Kier molecular flexibility index (Phi) is 4.78. The number of nitrogens with zero attached hydrogens (tertiary/aromatic N) is 1. The van der Waals surface area contributed by atoms with E-state index in [1.54, 1.807) is 11.3 Å².